The number of anilines is 2. The van der Waals surface area contributed by atoms with Gasteiger partial charge in [0, 0.05) is 36.2 Å². The maximum absolute atomic E-state index is 12.4. The molecule has 2 aromatic rings. The fraction of sp³-hybridized carbons (Fsp3) is 0.294. The van der Waals surface area contributed by atoms with Gasteiger partial charge in [-0.3, -0.25) is 9.78 Å². The van der Waals surface area contributed by atoms with Crippen LogP contribution in [0.2, 0.25) is 5.02 Å². The van der Waals surface area contributed by atoms with Crippen molar-refractivity contribution < 1.29 is 4.79 Å². The monoisotopic (exact) mass is 332 g/mol. The van der Waals surface area contributed by atoms with Crippen LogP contribution in [0.5, 0.6) is 0 Å². The van der Waals surface area contributed by atoms with E-state index < -0.39 is 0 Å². The Balaban J connectivity index is 2.06. The lowest BCUT2D eigenvalue weighted by atomic mass is 10.2. The highest BCUT2D eigenvalue weighted by Crippen LogP contribution is 2.21. The zero-order chi connectivity index (χ0) is 16.8. The van der Waals surface area contributed by atoms with Gasteiger partial charge in [0.15, 0.2) is 0 Å². The zero-order valence-electron chi connectivity index (χ0n) is 13.6. The molecule has 0 fully saturated rings. The van der Waals surface area contributed by atoms with E-state index >= 15 is 0 Å². The summed E-state index contributed by atoms with van der Waals surface area (Å²) in [6.45, 7) is 3.61. The zero-order valence-corrected chi connectivity index (χ0v) is 14.3. The SMILES string of the molecule is Cc1ccc(Cl)cc1NC(=O)c1cncc(NCCN(C)C)c1. The number of pyridine rings is 1. The molecule has 0 aliphatic carbocycles. The van der Waals surface area contributed by atoms with E-state index in [9.17, 15) is 4.79 Å². The van der Waals surface area contributed by atoms with Crippen LogP contribution in [0.1, 0.15) is 15.9 Å². The summed E-state index contributed by atoms with van der Waals surface area (Å²) in [6.07, 6.45) is 3.25. The number of benzene rings is 1. The highest BCUT2D eigenvalue weighted by Gasteiger charge is 2.09. The number of hydrogen-bond donors (Lipinski definition) is 2. The highest BCUT2D eigenvalue weighted by atomic mass is 35.5. The number of carbonyl (C=O) groups is 1. The average molecular weight is 333 g/mol. The Morgan fingerprint density at radius 2 is 2.04 bits per heavy atom. The molecule has 0 aliphatic rings. The third kappa shape index (κ3) is 5.23. The van der Waals surface area contributed by atoms with Crippen molar-refractivity contribution in [2.24, 2.45) is 0 Å². The van der Waals surface area contributed by atoms with Crippen molar-refractivity contribution in [3.8, 4) is 0 Å². The summed E-state index contributed by atoms with van der Waals surface area (Å²) in [5.74, 6) is -0.209. The summed E-state index contributed by atoms with van der Waals surface area (Å²) in [7, 11) is 4.02. The number of aryl methyl sites for hydroxylation is 1. The summed E-state index contributed by atoms with van der Waals surface area (Å²) < 4.78 is 0. The Kier molecular flexibility index (Phi) is 5.96. The van der Waals surface area contributed by atoms with Crippen LogP contribution in [0, 0.1) is 6.92 Å². The number of aromatic nitrogens is 1. The molecule has 1 aromatic heterocycles. The summed E-state index contributed by atoms with van der Waals surface area (Å²) >= 11 is 5.98. The molecule has 5 nitrogen and oxygen atoms in total. The van der Waals surface area contributed by atoms with Crippen LogP contribution in [-0.2, 0) is 0 Å². The Morgan fingerprint density at radius 3 is 2.78 bits per heavy atom. The Morgan fingerprint density at radius 1 is 1.26 bits per heavy atom. The molecular weight excluding hydrogens is 312 g/mol. The van der Waals surface area contributed by atoms with Crippen LogP contribution in [0.15, 0.2) is 36.7 Å². The Hall–Kier alpha value is -2.11. The molecule has 0 unspecified atom stereocenters. The summed E-state index contributed by atoms with van der Waals surface area (Å²) in [6, 6.07) is 7.19. The van der Waals surface area contributed by atoms with E-state index in [0.717, 1.165) is 24.3 Å². The topological polar surface area (TPSA) is 57.3 Å². The molecule has 1 heterocycles. The molecule has 122 valence electrons. The van der Waals surface area contributed by atoms with Crippen molar-refractivity contribution in [3.05, 3.63) is 52.8 Å². The van der Waals surface area contributed by atoms with Gasteiger partial charge < -0.3 is 15.5 Å². The first-order valence-electron chi connectivity index (χ1n) is 7.37. The molecular formula is C17H21ClN4O. The molecule has 2 N–H and O–H groups in total. The van der Waals surface area contributed by atoms with Gasteiger partial charge >= 0.3 is 0 Å². The van der Waals surface area contributed by atoms with E-state index in [1.807, 2.05) is 27.1 Å². The fourth-order valence-electron chi connectivity index (χ4n) is 2.01. The van der Waals surface area contributed by atoms with Crippen LogP contribution < -0.4 is 10.6 Å². The van der Waals surface area contributed by atoms with E-state index in [0.29, 0.717) is 16.3 Å². The number of hydrogen-bond acceptors (Lipinski definition) is 4. The largest absolute Gasteiger partial charge is 0.382 e. The van der Waals surface area contributed by atoms with E-state index in [1.54, 1.807) is 30.6 Å². The van der Waals surface area contributed by atoms with Crippen molar-refractivity contribution in [1.29, 1.82) is 0 Å². The lowest BCUT2D eigenvalue weighted by Crippen LogP contribution is -2.21. The maximum Gasteiger partial charge on any atom is 0.257 e. The van der Waals surface area contributed by atoms with Crippen LogP contribution in [0.25, 0.3) is 0 Å². The molecule has 1 amide bonds. The lowest BCUT2D eigenvalue weighted by Gasteiger charge is -2.12. The molecule has 23 heavy (non-hydrogen) atoms. The number of carbonyl (C=O) groups excluding carboxylic acids is 1. The van der Waals surface area contributed by atoms with E-state index in [1.165, 1.54) is 0 Å². The Bertz CT molecular complexity index is 688. The molecule has 0 radical (unpaired) electrons. The molecule has 2 rings (SSSR count). The second-order valence-electron chi connectivity index (χ2n) is 5.61. The minimum Gasteiger partial charge on any atom is -0.382 e. The van der Waals surface area contributed by atoms with Gasteiger partial charge in [-0.2, -0.15) is 0 Å². The summed E-state index contributed by atoms with van der Waals surface area (Å²) in [4.78, 5) is 18.6. The molecule has 1 aromatic carbocycles. The van der Waals surface area contributed by atoms with E-state index in [4.69, 9.17) is 11.6 Å². The fourth-order valence-corrected chi connectivity index (χ4v) is 2.18. The van der Waals surface area contributed by atoms with Crippen LogP contribution >= 0.6 is 11.6 Å². The summed E-state index contributed by atoms with van der Waals surface area (Å²) in [5.41, 5.74) is 2.98. The van der Waals surface area contributed by atoms with Gasteiger partial charge in [-0.1, -0.05) is 17.7 Å². The average Bonchev–Trinajstić information content (AvgIpc) is 2.51. The van der Waals surface area contributed by atoms with E-state index in [2.05, 4.69) is 20.5 Å². The van der Waals surface area contributed by atoms with Gasteiger partial charge in [-0.25, -0.2) is 0 Å². The van der Waals surface area contributed by atoms with Crippen molar-refractivity contribution in [1.82, 2.24) is 9.88 Å². The van der Waals surface area contributed by atoms with Crippen LogP contribution in [0.3, 0.4) is 0 Å². The third-order valence-corrected chi connectivity index (χ3v) is 3.57. The first-order valence-corrected chi connectivity index (χ1v) is 7.74. The number of amides is 1. The number of nitrogens with zero attached hydrogens (tertiary/aromatic N) is 2. The number of likely N-dealkylation sites (N-methyl/N-ethyl adjacent to an activating group) is 1. The van der Waals surface area contributed by atoms with E-state index in [-0.39, 0.29) is 5.91 Å². The highest BCUT2D eigenvalue weighted by molar-refractivity contribution is 6.31. The predicted molar refractivity (Wildman–Crippen MR) is 95.4 cm³/mol. The minimum absolute atomic E-state index is 0.209. The molecule has 0 spiro atoms. The van der Waals surface area contributed by atoms with Gasteiger partial charge in [-0.15, -0.1) is 0 Å². The second-order valence-corrected chi connectivity index (χ2v) is 6.04. The normalized spacial score (nSPS) is 10.7. The molecule has 0 aliphatic heterocycles. The minimum atomic E-state index is -0.209. The van der Waals surface area contributed by atoms with Crippen LogP contribution in [0.4, 0.5) is 11.4 Å². The standard InChI is InChI=1S/C17H21ClN4O/c1-12-4-5-14(18)9-16(12)21-17(23)13-8-15(11-19-10-13)20-6-7-22(2)3/h4-5,8-11,20H,6-7H2,1-3H3,(H,21,23). The predicted octanol–water partition coefficient (Wildman–Crippen LogP) is 3.27. The maximum atomic E-state index is 12.4. The second kappa shape index (κ2) is 7.94. The molecule has 0 atom stereocenters. The van der Waals surface area contributed by atoms with Gasteiger partial charge in [0.2, 0.25) is 0 Å². The molecule has 0 bridgehead atoms. The van der Waals surface area contributed by atoms with Crippen molar-refractivity contribution in [2.75, 3.05) is 37.8 Å². The number of nitrogens with one attached hydrogen (secondary N) is 2. The molecule has 0 saturated carbocycles. The number of rotatable bonds is 6. The molecule has 6 heteroatoms. The van der Waals surface area contributed by atoms with Gasteiger partial charge in [0.1, 0.15) is 0 Å². The lowest BCUT2D eigenvalue weighted by molar-refractivity contribution is 0.102. The van der Waals surface area contributed by atoms with Crippen molar-refractivity contribution in [3.63, 3.8) is 0 Å². The van der Waals surface area contributed by atoms with Crippen molar-refractivity contribution in [2.45, 2.75) is 6.92 Å². The smallest absolute Gasteiger partial charge is 0.257 e. The third-order valence-electron chi connectivity index (χ3n) is 3.34. The first-order chi connectivity index (χ1) is 11.0. The van der Waals surface area contributed by atoms with Gasteiger partial charge in [-0.05, 0) is 44.8 Å². The quantitative estimate of drug-likeness (QED) is 0.852. The number of halogens is 1. The molecule has 0 saturated heterocycles. The van der Waals surface area contributed by atoms with Gasteiger partial charge in [0.05, 0.1) is 11.3 Å². The first kappa shape index (κ1) is 17.2. The Labute approximate surface area is 141 Å². The van der Waals surface area contributed by atoms with Crippen molar-refractivity contribution >= 4 is 28.9 Å². The van der Waals surface area contributed by atoms with Gasteiger partial charge in [0.25, 0.3) is 5.91 Å². The van der Waals surface area contributed by atoms with Crippen LogP contribution in [-0.4, -0.2) is 43.0 Å². The summed E-state index contributed by atoms with van der Waals surface area (Å²) in [5, 5.41) is 6.71.